The Morgan fingerprint density at radius 2 is 1.70 bits per heavy atom. The van der Waals surface area contributed by atoms with Gasteiger partial charge in [-0.05, 0) is 25.0 Å². The van der Waals surface area contributed by atoms with Gasteiger partial charge in [-0.3, -0.25) is 14.4 Å². The fraction of sp³-hybridized carbons (Fsp3) is 0.550. The Kier molecular flexibility index (Phi) is 5.98. The van der Waals surface area contributed by atoms with Crippen LogP contribution in [0.1, 0.15) is 36.5 Å². The summed E-state index contributed by atoms with van der Waals surface area (Å²) in [6, 6.07) is 6.83. The smallest absolute Gasteiger partial charge is 0.257 e. The number of ether oxygens (including phenoxy) is 1. The van der Waals surface area contributed by atoms with Gasteiger partial charge in [0.05, 0.1) is 12.7 Å². The zero-order valence-corrected chi connectivity index (χ0v) is 16.0. The summed E-state index contributed by atoms with van der Waals surface area (Å²) in [6.07, 6.45) is 2.02. The molecule has 2 fully saturated rings. The van der Waals surface area contributed by atoms with E-state index in [1.165, 1.54) is 0 Å². The van der Waals surface area contributed by atoms with Crippen molar-refractivity contribution in [2.75, 3.05) is 39.8 Å². The number of carbonyl (C=O) groups excluding carboxylic acids is 3. The monoisotopic (exact) mass is 373 g/mol. The van der Waals surface area contributed by atoms with Crippen LogP contribution in [-0.2, 0) is 9.59 Å². The first-order valence-corrected chi connectivity index (χ1v) is 9.57. The molecule has 2 saturated heterocycles. The molecular formula is C20H27N3O4. The zero-order chi connectivity index (χ0) is 19.4. The Morgan fingerprint density at radius 1 is 1.04 bits per heavy atom. The third kappa shape index (κ3) is 3.91. The van der Waals surface area contributed by atoms with Gasteiger partial charge < -0.3 is 19.4 Å². The van der Waals surface area contributed by atoms with E-state index in [1.54, 1.807) is 33.9 Å². The highest BCUT2D eigenvalue weighted by Crippen LogP contribution is 2.23. The first-order valence-electron chi connectivity index (χ1n) is 9.57. The molecule has 2 heterocycles. The highest BCUT2D eigenvalue weighted by molar-refractivity contribution is 5.97. The van der Waals surface area contributed by atoms with E-state index in [0.29, 0.717) is 50.5 Å². The Morgan fingerprint density at radius 3 is 2.37 bits per heavy atom. The molecule has 0 aromatic heterocycles. The Hall–Kier alpha value is -2.57. The molecular weight excluding hydrogens is 346 g/mol. The van der Waals surface area contributed by atoms with E-state index in [-0.39, 0.29) is 23.8 Å². The second-order valence-corrected chi connectivity index (χ2v) is 6.92. The number of benzene rings is 1. The second-order valence-electron chi connectivity index (χ2n) is 6.92. The molecule has 2 aliphatic rings. The summed E-state index contributed by atoms with van der Waals surface area (Å²) in [4.78, 5) is 43.0. The van der Waals surface area contributed by atoms with Crippen molar-refractivity contribution in [3.05, 3.63) is 29.8 Å². The average molecular weight is 373 g/mol. The average Bonchev–Trinajstić information content (AvgIpc) is 3.22. The minimum atomic E-state index is -0.339. The molecule has 7 heteroatoms. The molecule has 3 rings (SSSR count). The van der Waals surface area contributed by atoms with Crippen molar-refractivity contribution in [2.24, 2.45) is 0 Å². The van der Waals surface area contributed by atoms with Gasteiger partial charge in [-0.25, -0.2) is 0 Å². The molecule has 0 N–H and O–H groups in total. The van der Waals surface area contributed by atoms with E-state index in [0.717, 1.165) is 12.8 Å². The summed E-state index contributed by atoms with van der Waals surface area (Å²) in [7, 11) is 1.55. The first-order chi connectivity index (χ1) is 13.1. The van der Waals surface area contributed by atoms with Crippen LogP contribution in [-0.4, -0.2) is 78.3 Å². The number of rotatable bonds is 4. The number of nitrogens with zero attached hydrogens (tertiary/aromatic N) is 3. The molecule has 0 spiro atoms. The zero-order valence-electron chi connectivity index (χ0n) is 16.0. The van der Waals surface area contributed by atoms with E-state index < -0.39 is 0 Å². The van der Waals surface area contributed by atoms with Gasteiger partial charge >= 0.3 is 0 Å². The lowest BCUT2D eigenvalue weighted by molar-refractivity contribution is -0.144. The number of para-hydroxylation sites is 1. The molecule has 1 aromatic carbocycles. The van der Waals surface area contributed by atoms with Gasteiger partial charge in [0, 0.05) is 39.1 Å². The Labute approximate surface area is 159 Å². The van der Waals surface area contributed by atoms with Crippen molar-refractivity contribution in [3.8, 4) is 5.75 Å². The number of methoxy groups -OCH3 is 1. The van der Waals surface area contributed by atoms with Gasteiger partial charge in [0.25, 0.3) is 5.91 Å². The fourth-order valence-electron chi connectivity index (χ4n) is 3.86. The molecule has 0 aliphatic carbocycles. The van der Waals surface area contributed by atoms with Gasteiger partial charge in [-0.1, -0.05) is 19.1 Å². The van der Waals surface area contributed by atoms with Gasteiger partial charge in [-0.15, -0.1) is 0 Å². The van der Waals surface area contributed by atoms with Crippen LogP contribution in [0.2, 0.25) is 0 Å². The lowest BCUT2D eigenvalue weighted by Gasteiger charge is -2.37. The predicted molar refractivity (Wildman–Crippen MR) is 101 cm³/mol. The van der Waals surface area contributed by atoms with E-state index in [9.17, 15) is 14.4 Å². The van der Waals surface area contributed by atoms with Gasteiger partial charge in [0.1, 0.15) is 11.8 Å². The number of carbonyl (C=O) groups is 3. The van der Waals surface area contributed by atoms with Gasteiger partial charge in [0.15, 0.2) is 0 Å². The molecule has 27 heavy (non-hydrogen) atoms. The molecule has 3 amide bonds. The molecule has 1 atom stereocenters. The SMILES string of the molecule is CCC(=O)N1CCC[C@H]1C(=O)N1CCN(C(=O)c2ccccc2OC)CC1. The molecule has 0 radical (unpaired) electrons. The van der Waals surface area contributed by atoms with E-state index >= 15 is 0 Å². The molecule has 1 aromatic rings. The molecule has 0 saturated carbocycles. The van der Waals surface area contributed by atoms with Gasteiger partial charge in [-0.2, -0.15) is 0 Å². The molecule has 2 aliphatic heterocycles. The standard InChI is InChI=1S/C20H27N3O4/c1-3-18(24)23-10-6-8-16(23)20(26)22-13-11-21(12-14-22)19(25)15-7-4-5-9-17(15)27-2/h4-5,7,9,16H,3,6,8,10-14H2,1-2H3/t16-/m0/s1. The normalized spacial score (nSPS) is 19.9. The number of hydrogen-bond donors (Lipinski definition) is 0. The summed E-state index contributed by atoms with van der Waals surface area (Å²) in [5.41, 5.74) is 0.537. The summed E-state index contributed by atoms with van der Waals surface area (Å²) in [5.74, 6) is 0.526. The van der Waals surface area contributed by atoms with Crippen LogP contribution >= 0.6 is 0 Å². The summed E-state index contributed by atoms with van der Waals surface area (Å²) < 4.78 is 5.28. The predicted octanol–water partition coefficient (Wildman–Crippen LogP) is 1.38. The first kappa shape index (κ1) is 19.2. The Bertz CT molecular complexity index is 713. The minimum absolute atomic E-state index is 0.0127. The van der Waals surface area contributed by atoms with Crippen molar-refractivity contribution in [3.63, 3.8) is 0 Å². The lowest BCUT2D eigenvalue weighted by Crippen LogP contribution is -2.55. The van der Waals surface area contributed by atoms with Crippen molar-refractivity contribution in [2.45, 2.75) is 32.2 Å². The van der Waals surface area contributed by atoms with Crippen LogP contribution < -0.4 is 4.74 Å². The van der Waals surface area contributed by atoms with E-state index in [2.05, 4.69) is 0 Å². The van der Waals surface area contributed by atoms with E-state index in [4.69, 9.17) is 4.74 Å². The quantitative estimate of drug-likeness (QED) is 0.800. The largest absolute Gasteiger partial charge is 0.496 e. The topological polar surface area (TPSA) is 70.2 Å². The van der Waals surface area contributed by atoms with Crippen molar-refractivity contribution < 1.29 is 19.1 Å². The van der Waals surface area contributed by atoms with Crippen LogP contribution in [0.25, 0.3) is 0 Å². The van der Waals surface area contributed by atoms with Crippen LogP contribution in [0.15, 0.2) is 24.3 Å². The summed E-state index contributed by atoms with van der Waals surface area (Å²) >= 11 is 0. The minimum Gasteiger partial charge on any atom is -0.496 e. The van der Waals surface area contributed by atoms with Crippen molar-refractivity contribution >= 4 is 17.7 Å². The number of likely N-dealkylation sites (tertiary alicyclic amines) is 1. The third-order valence-corrected chi connectivity index (χ3v) is 5.38. The maximum absolute atomic E-state index is 12.9. The highest BCUT2D eigenvalue weighted by atomic mass is 16.5. The second kappa shape index (κ2) is 8.41. The molecule has 146 valence electrons. The van der Waals surface area contributed by atoms with Crippen LogP contribution in [0, 0.1) is 0 Å². The highest BCUT2D eigenvalue weighted by Gasteiger charge is 2.37. The van der Waals surface area contributed by atoms with Crippen LogP contribution in [0.3, 0.4) is 0 Å². The molecule has 0 unspecified atom stereocenters. The van der Waals surface area contributed by atoms with Crippen molar-refractivity contribution in [1.29, 1.82) is 0 Å². The van der Waals surface area contributed by atoms with Crippen LogP contribution in [0.5, 0.6) is 5.75 Å². The molecule has 7 nitrogen and oxygen atoms in total. The maximum atomic E-state index is 12.9. The van der Waals surface area contributed by atoms with E-state index in [1.807, 2.05) is 19.1 Å². The van der Waals surface area contributed by atoms with Crippen molar-refractivity contribution in [1.82, 2.24) is 14.7 Å². The lowest BCUT2D eigenvalue weighted by atomic mass is 10.1. The Balaban J connectivity index is 1.61. The summed E-state index contributed by atoms with van der Waals surface area (Å²) in [5, 5.41) is 0. The molecule has 0 bridgehead atoms. The van der Waals surface area contributed by atoms with Crippen LogP contribution in [0.4, 0.5) is 0 Å². The fourth-order valence-corrected chi connectivity index (χ4v) is 3.86. The third-order valence-electron chi connectivity index (χ3n) is 5.38. The number of piperazine rings is 1. The number of hydrogen-bond acceptors (Lipinski definition) is 4. The summed E-state index contributed by atoms with van der Waals surface area (Å²) in [6.45, 7) is 4.43. The van der Waals surface area contributed by atoms with Gasteiger partial charge in [0.2, 0.25) is 11.8 Å². The maximum Gasteiger partial charge on any atom is 0.257 e. The number of amides is 3.